The monoisotopic (exact) mass is 172 g/mol. The van der Waals surface area contributed by atoms with Crippen molar-refractivity contribution in [3.05, 3.63) is 0 Å². The van der Waals surface area contributed by atoms with Crippen LogP contribution in [0.3, 0.4) is 0 Å². The van der Waals surface area contributed by atoms with Crippen LogP contribution in [-0.4, -0.2) is 54.2 Å². The van der Waals surface area contributed by atoms with Crippen LogP contribution in [0.2, 0.25) is 5.82 Å². The smallest absolute Gasteiger partial charge is 0.139 e. The average Bonchev–Trinajstić information content (AvgIpc) is 2.30. The van der Waals surface area contributed by atoms with Gasteiger partial charge < -0.3 is 20.1 Å². The van der Waals surface area contributed by atoms with Crippen molar-refractivity contribution >= 4 is 7.85 Å². The SMILES string of the molecule is [B][C@H](C)[C@H]1OC[C@@](O)(CO)C1O. The van der Waals surface area contributed by atoms with Crippen molar-refractivity contribution in [1.82, 2.24) is 0 Å². The predicted octanol–water partition coefficient (Wildman–Crippen LogP) is -1.55. The van der Waals surface area contributed by atoms with E-state index in [0.717, 1.165) is 0 Å². The molecule has 0 saturated carbocycles. The highest BCUT2D eigenvalue weighted by atomic mass is 16.5. The second-order valence-corrected chi connectivity index (χ2v) is 3.34. The quantitative estimate of drug-likeness (QED) is 0.441. The van der Waals surface area contributed by atoms with Gasteiger partial charge in [0.1, 0.15) is 11.7 Å². The summed E-state index contributed by atoms with van der Waals surface area (Å²) in [6.07, 6.45) is -1.70. The first-order valence-corrected chi connectivity index (χ1v) is 3.90. The highest BCUT2D eigenvalue weighted by Gasteiger charge is 2.48. The molecule has 0 spiro atoms. The zero-order valence-electron chi connectivity index (χ0n) is 6.97. The zero-order chi connectivity index (χ0) is 9.35. The van der Waals surface area contributed by atoms with Gasteiger partial charge in [0.2, 0.25) is 0 Å². The van der Waals surface area contributed by atoms with Gasteiger partial charge in [-0.15, -0.1) is 0 Å². The molecule has 1 heterocycles. The minimum atomic E-state index is -1.54. The van der Waals surface area contributed by atoms with Gasteiger partial charge in [0.05, 0.1) is 27.2 Å². The minimum Gasteiger partial charge on any atom is -0.393 e. The van der Waals surface area contributed by atoms with E-state index in [4.69, 9.17) is 17.7 Å². The van der Waals surface area contributed by atoms with Gasteiger partial charge in [0.15, 0.2) is 0 Å². The molecular weight excluding hydrogens is 159 g/mol. The van der Waals surface area contributed by atoms with Crippen LogP contribution < -0.4 is 0 Å². The number of ether oxygens (including phenoxy) is 1. The first-order chi connectivity index (χ1) is 5.51. The second kappa shape index (κ2) is 3.34. The van der Waals surface area contributed by atoms with Crippen LogP contribution in [0.25, 0.3) is 0 Å². The Labute approximate surface area is 72.6 Å². The molecular formula is C7H13BO4. The summed E-state index contributed by atoms with van der Waals surface area (Å²) in [5.74, 6) is -0.361. The molecule has 4 atom stereocenters. The van der Waals surface area contributed by atoms with E-state index in [-0.39, 0.29) is 12.4 Å². The summed E-state index contributed by atoms with van der Waals surface area (Å²) in [5, 5.41) is 27.7. The lowest BCUT2D eigenvalue weighted by Crippen LogP contribution is -2.47. The fourth-order valence-electron chi connectivity index (χ4n) is 1.30. The summed E-state index contributed by atoms with van der Waals surface area (Å²) in [4.78, 5) is 0. The van der Waals surface area contributed by atoms with Gasteiger partial charge >= 0.3 is 0 Å². The first-order valence-electron chi connectivity index (χ1n) is 3.90. The third-order valence-electron chi connectivity index (χ3n) is 2.18. The van der Waals surface area contributed by atoms with Gasteiger partial charge in [0.25, 0.3) is 0 Å². The van der Waals surface area contributed by atoms with Crippen molar-refractivity contribution in [2.75, 3.05) is 13.2 Å². The van der Waals surface area contributed by atoms with Crippen LogP contribution in [0, 0.1) is 0 Å². The van der Waals surface area contributed by atoms with E-state index >= 15 is 0 Å². The van der Waals surface area contributed by atoms with E-state index in [0.29, 0.717) is 0 Å². The largest absolute Gasteiger partial charge is 0.393 e. The topological polar surface area (TPSA) is 69.9 Å². The van der Waals surface area contributed by atoms with Crippen LogP contribution in [-0.2, 0) is 4.74 Å². The van der Waals surface area contributed by atoms with Crippen LogP contribution >= 0.6 is 0 Å². The van der Waals surface area contributed by atoms with E-state index in [2.05, 4.69) is 0 Å². The molecule has 1 rings (SSSR count). The van der Waals surface area contributed by atoms with Gasteiger partial charge in [0, 0.05) is 0 Å². The van der Waals surface area contributed by atoms with E-state index in [9.17, 15) is 10.2 Å². The number of hydrogen-bond acceptors (Lipinski definition) is 4. The third-order valence-corrected chi connectivity index (χ3v) is 2.18. The third kappa shape index (κ3) is 1.50. The van der Waals surface area contributed by atoms with Crippen LogP contribution in [0.1, 0.15) is 6.92 Å². The Morgan fingerprint density at radius 1 is 1.75 bits per heavy atom. The highest BCUT2D eigenvalue weighted by Crippen LogP contribution is 2.29. The highest BCUT2D eigenvalue weighted by molar-refractivity contribution is 6.11. The van der Waals surface area contributed by atoms with Gasteiger partial charge in [-0.1, -0.05) is 12.7 Å². The molecule has 0 aromatic heterocycles. The molecule has 12 heavy (non-hydrogen) atoms. The molecule has 0 aliphatic carbocycles. The maximum Gasteiger partial charge on any atom is 0.139 e. The molecule has 0 aromatic rings. The minimum absolute atomic E-state index is 0.0725. The summed E-state index contributed by atoms with van der Waals surface area (Å²) < 4.78 is 5.05. The van der Waals surface area contributed by atoms with Gasteiger partial charge in [-0.05, 0) is 0 Å². The predicted molar refractivity (Wildman–Crippen MR) is 43.0 cm³/mol. The maximum atomic E-state index is 9.51. The molecule has 1 fully saturated rings. The molecule has 0 aromatic carbocycles. The summed E-state index contributed by atoms with van der Waals surface area (Å²) in [6.45, 7) is 1.09. The molecule has 68 valence electrons. The lowest BCUT2D eigenvalue weighted by molar-refractivity contribution is -0.0815. The Morgan fingerprint density at radius 3 is 2.58 bits per heavy atom. The van der Waals surface area contributed by atoms with E-state index in [1.54, 1.807) is 6.92 Å². The Kier molecular flexibility index (Phi) is 2.78. The van der Waals surface area contributed by atoms with Crippen LogP contribution in [0.15, 0.2) is 0 Å². The normalized spacial score (nSPS) is 44.7. The molecule has 2 radical (unpaired) electrons. The van der Waals surface area contributed by atoms with Gasteiger partial charge in [-0.25, -0.2) is 0 Å². The molecule has 0 amide bonds. The lowest BCUT2D eigenvalue weighted by atomic mass is 9.80. The summed E-state index contributed by atoms with van der Waals surface area (Å²) in [7, 11) is 5.49. The molecule has 0 bridgehead atoms. The van der Waals surface area contributed by atoms with Crippen LogP contribution in [0.4, 0.5) is 0 Å². The summed E-state index contributed by atoms with van der Waals surface area (Å²) in [5.41, 5.74) is -1.54. The van der Waals surface area contributed by atoms with Crippen molar-refractivity contribution in [3.63, 3.8) is 0 Å². The fourth-order valence-corrected chi connectivity index (χ4v) is 1.30. The summed E-state index contributed by atoms with van der Waals surface area (Å²) in [6, 6.07) is 0. The summed E-state index contributed by atoms with van der Waals surface area (Å²) >= 11 is 0. The standard InChI is InChI=1S/C7H13BO4/c1-4(8)5-6(10)7(11,2-9)3-12-5/h4-6,9-11H,2-3H2,1H3/t4-,5-,6?,7+/m1/s1. The van der Waals surface area contributed by atoms with E-state index in [1.165, 1.54) is 0 Å². The van der Waals surface area contributed by atoms with Crippen LogP contribution in [0.5, 0.6) is 0 Å². The van der Waals surface area contributed by atoms with Crippen molar-refractivity contribution in [2.45, 2.75) is 30.5 Å². The molecule has 1 unspecified atom stereocenters. The fraction of sp³-hybridized carbons (Fsp3) is 1.00. The van der Waals surface area contributed by atoms with Gasteiger partial charge in [-0.3, -0.25) is 0 Å². The molecule has 1 aliphatic rings. The second-order valence-electron chi connectivity index (χ2n) is 3.34. The van der Waals surface area contributed by atoms with E-state index in [1.807, 2.05) is 0 Å². The Bertz CT molecular complexity index is 163. The van der Waals surface area contributed by atoms with Crippen molar-refractivity contribution in [1.29, 1.82) is 0 Å². The van der Waals surface area contributed by atoms with Gasteiger partial charge in [-0.2, -0.15) is 0 Å². The molecule has 1 saturated heterocycles. The average molecular weight is 172 g/mol. The Hall–Kier alpha value is -0.0951. The van der Waals surface area contributed by atoms with Crippen molar-refractivity contribution in [2.24, 2.45) is 0 Å². The Morgan fingerprint density at radius 2 is 2.33 bits per heavy atom. The maximum absolute atomic E-state index is 9.51. The molecule has 3 N–H and O–H groups in total. The molecule has 4 nitrogen and oxygen atoms in total. The Balaban J connectivity index is 2.66. The number of hydrogen-bond donors (Lipinski definition) is 3. The number of rotatable bonds is 2. The van der Waals surface area contributed by atoms with Crippen molar-refractivity contribution in [3.8, 4) is 0 Å². The molecule has 1 aliphatic heterocycles. The molecule has 5 heteroatoms. The van der Waals surface area contributed by atoms with Crippen molar-refractivity contribution < 1.29 is 20.1 Å². The number of aliphatic hydroxyl groups is 3. The van der Waals surface area contributed by atoms with E-state index < -0.39 is 24.4 Å². The lowest BCUT2D eigenvalue weighted by Gasteiger charge is -2.25. The first kappa shape index (κ1) is 9.99. The number of aliphatic hydroxyl groups excluding tert-OH is 2. The zero-order valence-corrected chi connectivity index (χ0v) is 6.97.